The van der Waals surface area contributed by atoms with Crippen molar-refractivity contribution in [3.63, 3.8) is 0 Å². The Bertz CT molecular complexity index is 576. The maximum absolute atomic E-state index is 5.74. The van der Waals surface area contributed by atoms with Crippen molar-refractivity contribution in [2.24, 2.45) is 16.8 Å². The number of aromatic nitrogens is 1. The first-order valence-electron chi connectivity index (χ1n) is 9.32. The number of hydrogen-bond donors (Lipinski definition) is 1. The third kappa shape index (κ3) is 7.65. The second-order valence-corrected chi connectivity index (χ2v) is 7.10. The summed E-state index contributed by atoms with van der Waals surface area (Å²) in [5.74, 6) is 3.12. The van der Waals surface area contributed by atoms with Gasteiger partial charge in [0.15, 0.2) is 5.96 Å². The van der Waals surface area contributed by atoms with Gasteiger partial charge in [0.25, 0.3) is 0 Å². The molecule has 2 fully saturated rings. The molecule has 0 amide bonds. The van der Waals surface area contributed by atoms with Gasteiger partial charge in [-0.15, -0.1) is 24.0 Å². The highest BCUT2D eigenvalue weighted by Gasteiger charge is 2.22. The van der Waals surface area contributed by atoms with E-state index < -0.39 is 0 Å². The van der Waals surface area contributed by atoms with Crippen LogP contribution >= 0.6 is 24.0 Å². The minimum Gasteiger partial charge on any atom is -0.477 e. The second kappa shape index (κ2) is 10.9. The summed E-state index contributed by atoms with van der Waals surface area (Å²) in [6, 6.07) is 4.00. The van der Waals surface area contributed by atoms with Gasteiger partial charge in [-0.1, -0.05) is 0 Å². The first kappa shape index (κ1) is 21.2. The molecular weight excluding hydrogens is 443 g/mol. The molecule has 0 aliphatic heterocycles. The predicted octanol–water partition coefficient (Wildman–Crippen LogP) is 2.92. The zero-order chi connectivity index (χ0) is 17.5. The highest BCUT2D eigenvalue weighted by Crippen LogP contribution is 2.29. The topological polar surface area (TPSA) is 59.0 Å². The Kier molecular flexibility index (Phi) is 8.90. The fraction of sp³-hybridized carbons (Fsp3) is 0.684. The van der Waals surface area contributed by atoms with Gasteiger partial charge >= 0.3 is 0 Å². The lowest BCUT2D eigenvalue weighted by molar-refractivity contribution is 0.115. The van der Waals surface area contributed by atoms with Crippen LogP contribution in [0.25, 0.3) is 0 Å². The number of guanidine groups is 1. The summed E-state index contributed by atoms with van der Waals surface area (Å²) in [6.45, 7) is 3.96. The van der Waals surface area contributed by atoms with E-state index in [2.05, 4.69) is 20.2 Å². The minimum atomic E-state index is 0. The third-order valence-electron chi connectivity index (χ3n) is 4.61. The molecular formula is C19H31IN4O2. The minimum absolute atomic E-state index is 0. The van der Waals surface area contributed by atoms with Gasteiger partial charge in [-0.25, -0.2) is 4.98 Å². The van der Waals surface area contributed by atoms with Crippen LogP contribution in [0.3, 0.4) is 0 Å². The number of aliphatic imine (C=N–C) groups is 1. The quantitative estimate of drug-likeness (QED) is 0.245. The number of halogens is 1. The van der Waals surface area contributed by atoms with Gasteiger partial charge in [0.2, 0.25) is 5.88 Å². The van der Waals surface area contributed by atoms with Gasteiger partial charge in [0, 0.05) is 46.1 Å². The summed E-state index contributed by atoms with van der Waals surface area (Å²) in [5.41, 5.74) is 1.14. The Hall–Kier alpha value is -1.09. The maximum atomic E-state index is 5.74. The number of likely N-dealkylation sites (N-methyl/N-ethyl adjacent to an activating group) is 1. The number of nitrogens with one attached hydrogen (secondary N) is 1. The van der Waals surface area contributed by atoms with Gasteiger partial charge in [-0.05, 0) is 49.1 Å². The molecule has 0 saturated heterocycles. The first-order valence-corrected chi connectivity index (χ1v) is 9.32. The van der Waals surface area contributed by atoms with E-state index in [1.54, 1.807) is 13.2 Å². The van der Waals surface area contributed by atoms with Crippen LogP contribution in [0.5, 0.6) is 5.88 Å². The molecule has 0 radical (unpaired) electrons. The van der Waals surface area contributed by atoms with Crippen LogP contribution in [-0.2, 0) is 11.3 Å². The Morgan fingerprint density at radius 2 is 2.00 bits per heavy atom. The van der Waals surface area contributed by atoms with Crippen molar-refractivity contribution in [1.29, 1.82) is 0 Å². The monoisotopic (exact) mass is 474 g/mol. The van der Waals surface area contributed by atoms with E-state index in [1.165, 1.54) is 25.7 Å². The molecule has 0 aromatic carbocycles. The molecule has 6 nitrogen and oxygen atoms in total. The lowest BCUT2D eigenvalue weighted by Gasteiger charge is -2.22. The lowest BCUT2D eigenvalue weighted by Crippen LogP contribution is -2.40. The molecule has 0 atom stereocenters. The van der Waals surface area contributed by atoms with Crippen molar-refractivity contribution in [3.05, 3.63) is 23.9 Å². The van der Waals surface area contributed by atoms with Crippen LogP contribution in [0.4, 0.5) is 0 Å². The fourth-order valence-corrected chi connectivity index (χ4v) is 2.53. The third-order valence-corrected chi connectivity index (χ3v) is 4.61. The highest BCUT2D eigenvalue weighted by atomic mass is 127. The molecule has 26 heavy (non-hydrogen) atoms. The van der Waals surface area contributed by atoms with E-state index in [4.69, 9.17) is 9.47 Å². The molecule has 3 rings (SSSR count). The van der Waals surface area contributed by atoms with E-state index >= 15 is 0 Å². The van der Waals surface area contributed by atoms with E-state index in [1.807, 2.05) is 19.2 Å². The number of nitrogens with zero attached hydrogens (tertiary/aromatic N) is 3. The Labute approximate surface area is 173 Å². The summed E-state index contributed by atoms with van der Waals surface area (Å²) >= 11 is 0. The molecule has 0 bridgehead atoms. The zero-order valence-electron chi connectivity index (χ0n) is 15.8. The van der Waals surface area contributed by atoms with Gasteiger partial charge in [-0.3, -0.25) is 4.99 Å². The van der Waals surface area contributed by atoms with Crippen LogP contribution in [0.15, 0.2) is 23.3 Å². The van der Waals surface area contributed by atoms with Crippen LogP contribution in [-0.4, -0.2) is 56.3 Å². The Morgan fingerprint density at radius 3 is 2.69 bits per heavy atom. The molecule has 1 heterocycles. The van der Waals surface area contributed by atoms with Crippen LogP contribution < -0.4 is 10.1 Å². The number of hydrogen-bond acceptors (Lipinski definition) is 4. The fourth-order valence-electron chi connectivity index (χ4n) is 2.53. The largest absolute Gasteiger partial charge is 0.477 e. The van der Waals surface area contributed by atoms with Crippen molar-refractivity contribution < 1.29 is 9.47 Å². The average molecular weight is 474 g/mol. The lowest BCUT2D eigenvalue weighted by atomic mass is 10.2. The molecule has 2 aliphatic carbocycles. The van der Waals surface area contributed by atoms with E-state index in [0.29, 0.717) is 12.4 Å². The number of rotatable bonds is 10. The Morgan fingerprint density at radius 1 is 1.27 bits per heavy atom. The average Bonchev–Trinajstić information content (AvgIpc) is 3.53. The summed E-state index contributed by atoms with van der Waals surface area (Å²) < 4.78 is 11.4. The molecule has 146 valence electrons. The standard InChI is InChI=1S/C19H30N4O2.HI/c1-20-19(23(2)9-10-24-13-15-3-4-15)22-12-17-7-8-21-18(11-17)25-14-16-5-6-16;/h7-8,11,15-16H,3-6,9-10,12-14H2,1-2H3,(H,20,22);1H. The molecule has 1 aromatic heterocycles. The first-order chi connectivity index (χ1) is 12.2. The zero-order valence-corrected chi connectivity index (χ0v) is 18.1. The summed E-state index contributed by atoms with van der Waals surface area (Å²) in [4.78, 5) is 10.7. The molecule has 1 aromatic rings. The molecule has 1 N–H and O–H groups in total. The van der Waals surface area contributed by atoms with Gasteiger partial charge in [0.1, 0.15) is 0 Å². The van der Waals surface area contributed by atoms with Crippen molar-refractivity contribution in [2.45, 2.75) is 32.2 Å². The summed E-state index contributed by atoms with van der Waals surface area (Å²) in [6.07, 6.45) is 7.04. The SMILES string of the molecule is CN=C(NCc1ccnc(OCC2CC2)c1)N(C)CCOCC1CC1.I. The number of pyridine rings is 1. The molecule has 7 heteroatoms. The highest BCUT2D eigenvalue weighted by molar-refractivity contribution is 14.0. The van der Waals surface area contributed by atoms with E-state index in [9.17, 15) is 0 Å². The maximum Gasteiger partial charge on any atom is 0.213 e. The van der Waals surface area contributed by atoms with E-state index in [0.717, 1.165) is 49.7 Å². The molecule has 0 spiro atoms. The number of ether oxygens (including phenoxy) is 2. The Balaban J connectivity index is 0.00000243. The molecule has 2 saturated carbocycles. The van der Waals surface area contributed by atoms with Gasteiger partial charge in [-0.2, -0.15) is 0 Å². The van der Waals surface area contributed by atoms with Crippen LogP contribution in [0.1, 0.15) is 31.2 Å². The smallest absolute Gasteiger partial charge is 0.213 e. The van der Waals surface area contributed by atoms with Crippen molar-refractivity contribution >= 4 is 29.9 Å². The van der Waals surface area contributed by atoms with Gasteiger partial charge < -0.3 is 19.7 Å². The molecule has 0 unspecified atom stereocenters. The van der Waals surface area contributed by atoms with Crippen molar-refractivity contribution in [3.8, 4) is 5.88 Å². The molecule has 2 aliphatic rings. The van der Waals surface area contributed by atoms with Crippen LogP contribution in [0.2, 0.25) is 0 Å². The van der Waals surface area contributed by atoms with Crippen molar-refractivity contribution in [1.82, 2.24) is 15.2 Å². The predicted molar refractivity (Wildman–Crippen MR) is 114 cm³/mol. The summed E-state index contributed by atoms with van der Waals surface area (Å²) in [7, 11) is 3.84. The summed E-state index contributed by atoms with van der Waals surface area (Å²) in [5, 5.41) is 3.39. The van der Waals surface area contributed by atoms with Crippen LogP contribution in [0, 0.1) is 11.8 Å². The normalized spacial score (nSPS) is 16.8. The van der Waals surface area contributed by atoms with Gasteiger partial charge in [0.05, 0.1) is 13.2 Å². The van der Waals surface area contributed by atoms with E-state index in [-0.39, 0.29) is 24.0 Å². The second-order valence-electron chi connectivity index (χ2n) is 7.10. The van der Waals surface area contributed by atoms with Crippen molar-refractivity contribution in [2.75, 3.05) is 40.5 Å².